The van der Waals surface area contributed by atoms with Crippen molar-refractivity contribution in [1.82, 2.24) is 14.8 Å². The van der Waals surface area contributed by atoms with Crippen LogP contribution in [0, 0.1) is 11.6 Å². The monoisotopic (exact) mass is 332 g/mol. The molecule has 10 heteroatoms. The van der Waals surface area contributed by atoms with E-state index in [1.165, 1.54) is 12.7 Å². The summed E-state index contributed by atoms with van der Waals surface area (Å²) in [5.41, 5.74) is -2.65. The van der Waals surface area contributed by atoms with Gasteiger partial charge in [0.1, 0.15) is 35.1 Å². The molecule has 0 unspecified atom stereocenters. The lowest BCUT2D eigenvalue weighted by Gasteiger charge is -2.33. The minimum Gasteiger partial charge on any atom is -0.382 e. The van der Waals surface area contributed by atoms with E-state index in [9.17, 15) is 22.3 Å². The Balaban J connectivity index is 2.58. The van der Waals surface area contributed by atoms with Crippen molar-refractivity contribution in [3.63, 3.8) is 0 Å². The minimum absolute atomic E-state index is 0.397. The van der Waals surface area contributed by atoms with Crippen LogP contribution in [0.4, 0.5) is 8.78 Å². The largest absolute Gasteiger partial charge is 0.382 e. The zero-order valence-electron chi connectivity index (χ0n) is 11.5. The van der Waals surface area contributed by atoms with E-state index in [2.05, 4.69) is 10.1 Å². The molecule has 0 spiro atoms. The third kappa shape index (κ3) is 3.13. The van der Waals surface area contributed by atoms with Crippen molar-refractivity contribution in [1.29, 1.82) is 0 Å². The van der Waals surface area contributed by atoms with E-state index in [0.29, 0.717) is 6.07 Å². The first-order chi connectivity index (χ1) is 10.1. The van der Waals surface area contributed by atoms with Crippen molar-refractivity contribution >= 4 is 10.0 Å². The molecule has 0 saturated carbocycles. The van der Waals surface area contributed by atoms with E-state index in [0.717, 1.165) is 23.7 Å². The predicted octanol–water partition coefficient (Wildman–Crippen LogP) is 0.121. The highest BCUT2D eigenvalue weighted by Crippen LogP contribution is 2.32. The molecule has 3 N–H and O–H groups in total. The molecule has 0 fully saturated rings. The smallest absolute Gasteiger partial charge is 0.214 e. The molecule has 120 valence electrons. The molecule has 7 nitrogen and oxygen atoms in total. The molecule has 0 aliphatic heterocycles. The fourth-order valence-electron chi connectivity index (χ4n) is 2.11. The number of nitrogens with two attached hydrogens (primary N) is 1. The number of rotatable bonds is 5. The number of hydrogen-bond donors (Lipinski definition) is 2. The second-order valence-electron chi connectivity index (χ2n) is 4.87. The first-order valence-corrected chi connectivity index (χ1v) is 7.77. The molecule has 0 radical (unpaired) electrons. The predicted molar refractivity (Wildman–Crippen MR) is 72.8 cm³/mol. The van der Waals surface area contributed by atoms with Crippen LogP contribution in [0.5, 0.6) is 0 Å². The van der Waals surface area contributed by atoms with E-state index < -0.39 is 44.6 Å². The number of hydrogen-bond acceptors (Lipinski definition) is 5. The van der Waals surface area contributed by atoms with Crippen LogP contribution < -0.4 is 5.14 Å². The molecule has 1 aromatic carbocycles. The molecule has 2 atom stereocenters. The summed E-state index contributed by atoms with van der Waals surface area (Å²) >= 11 is 0. The molecule has 0 bridgehead atoms. The highest BCUT2D eigenvalue weighted by Gasteiger charge is 2.44. The van der Waals surface area contributed by atoms with Crippen molar-refractivity contribution in [2.24, 2.45) is 5.14 Å². The Kier molecular flexibility index (Phi) is 4.27. The SMILES string of the molecule is C[C@H]([C@](O)(Cn1cncn1)c1ccc(F)cc1F)S(N)(=O)=O. The summed E-state index contributed by atoms with van der Waals surface area (Å²) in [6.45, 7) is 0.711. The van der Waals surface area contributed by atoms with Crippen molar-refractivity contribution in [2.75, 3.05) is 0 Å². The summed E-state index contributed by atoms with van der Waals surface area (Å²) < 4.78 is 51.5. The molecular formula is C12H14F2N4O3S. The maximum Gasteiger partial charge on any atom is 0.214 e. The van der Waals surface area contributed by atoms with Gasteiger partial charge in [0.05, 0.1) is 6.54 Å². The molecule has 0 saturated heterocycles. The molecule has 0 aliphatic rings. The summed E-state index contributed by atoms with van der Waals surface area (Å²) in [6, 6.07) is 2.45. The van der Waals surface area contributed by atoms with E-state index in [4.69, 9.17) is 5.14 Å². The van der Waals surface area contributed by atoms with E-state index in [1.54, 1.807) is 0 Å². The second-order valence-corrected chi connectivity index (χ2v) is 6.76. The van der Waals surface area contributed by atoms with Gasteiger partial charge in [-0.3, -0.25) is 0 Å². The Morgan fingerprint density at radius 2 is 2.14 bits per heavy atom. The van der Waals surface area contributed by atoms with Gasteiger partial charge in [-0.15, -0.1) is 0 Å². The molecule has 0 amide bonds. The number of sulfonamides is 1. The highest BCUT2D eigenvalue weighted by atomic mass is 32.2. The number of nitrogens with zero attached hydrogens (tertiary/aromatic N) is 3. The molecule has 2 aromatic rings. The van der Waals surface area contributed by atoms with Crippen LogP contribution in [0.15, 0.2) is 30.9 Å². The maximum absolute atomic E-state index is 14.0. The Labute approximate surface area is 125 Å². The highest BCUT2D eigenvalue weighted by molar-refractivity contribution is 7.89. The zero-order valence-corrected chi connectivity index (χ0v) is 12.3. The van der Waals surface area contributed by atoms with Gasteiger partial charge in [0, 0.05) is 11.6 Å². The van der Waals surface area contributed by atoms with Gasteiger partial charge in [-0.1, -0.05) is 6.07 Å². The Morgan fingerprint density at radius 1 is 1.45 bits per heavy atom. The molecule has 22 heavy (non-hydrogen) atoms. The van der Waals surface area contributed by atoms with Gasteiger partial charge < -0.3 is 5.11 Å². The first-order valence-electron chi connectivity index (χ1n) is 6.16. The van der Waals surface area contributed by atoms with Crippen LogP contribution >= 0.6 is 0 Å². The second kappa shape index (κ2) is 5.71. The average Bonchev–Trinajstić information content (AvgIpc) is 2.89. The Morgan fingerprint density at radius 3 is 2.64 bits per heavy atom. The molecule has 1 heterocycles. The lowest BCUT2D eigenvalue weighted by molar-refractivity contribution is 0.0110. The molecule has 0 aliphatic carbocycles. The van der Waals surface area contributed by atoms with E-state index in [-0.39, 0.29) is 0 Å². The fourth-order valence-corrected chi connectivity index (χ4v) is 2.85. The van der Waals surface area contributed by atoms with Crippen molar-refractivity contribution in [3.05, 3.63) is 48.1 Å². The van der Waals surface area contributed by atoms with Gasteiger partial charge in [0.25, 0.3) is 0 Å². The number of primary sulfonamides is 1. The van der Waals surface area contributed by atoms with Gasteiger partial charge in [-0.05, 0) is 13.0 Å². The average molecular weight is 332 g/mol. The van der Waals surface area contributed by atoms with Crippen molar-refractivity contribution in [2.45, 2.75) is 24.3 Å². The summed E-state index contributed by atoms with van der Waals surface area (Å²) in [5, 5.41) is 18.1. The number of halogens is 2. The van der Waals surface area contributed by atoms with E-state index in [1.807, 2.05) is 0 Å². The topological polar surface area (TPSA) is 111 Å². The summed E-state index contributed by atoms with van der Waals surface area (Å²) in [4.78, 5) is 3.66. The fraction of sp³-hybridized carbons (Fsp3) is 0.333. The number of benzene rings is 1. The van der Waals surface area contributed by atoms with Crippen LogP contribution in [0.25, 0.3) is 0 Å². The summed E-state index contributed by atoms with van der Waals surface area (Å²) in [6.07, 6.45) is 2.39. The van der Waals surface area contributed by atoms with Gasteiger partial charge in [0.15, 0.2) is 0 Å². The van der Waals surface area contributed by atoms with Crippen molar-refractivity contribution < 1.29 is 22.3 Å². The molecule has 1 aromatic heterocycles. The Bertz CT molecular complexity index is 767. The van der Waals surface area contributed by atoms with Crippen LogP contribution in [-0.4, -0.2) is 33.5 Å². The lowest BCUT2D eigenvalue weighted by atomic mass is 9.90. The quantitative estimate of drug-likeness (QED) is 0.808. The van der Waals surface area contributed by atoms with E-state index >= 15 is 0 Å². The summed E-state index contributed by atoms with van der Waals surface area (Å²) in [7, 11) is -4.21. The number of aromatic nitrogens is 3. The normalized spacial score (nSPS) is 16.2. The number of aliphatic hydroxyl groups is 1. The standard InChI is InChI=1S/C12H14F2N4O3S/c1-8(22(15,20)21)12(19,5-18-7-16-6-17-18)10-3-2-9(13)4-11(10)14/h2-4,6-8,19H,5H2,1H3,(H2,15,20,21)/t8-,12-/m1/s1. The van der Waals surface area contributed by atoms with Crippen LogP contribution in [-0.2, 0) is 22.2 Å². The van der Waals surface area contributed by atoms with Crippen LogP contribution in [0.3, 0.4) is 0 Å². The van der Waals surface area contributed by atoms with Crippen LogP contribution in [0.1, 0.15) is 12.5 Å². The lowest BCUT2D eigenvalue weighted by Crippen LogP contribution is -2.48. The van der Waals surface area contributed by atoms with Gasteiger partial charge >= 0.3 is 0 Å². The zero-order chi connectivity index (χ0) is 16.5. The van der Waals surface area contributed by atoms with Crippen LogP contribution in [0.2, 0.25) is 0 Å². The third-order valence-corrected chi connectivity index (χ3v) is 4.81. The Hall–Kier alpha value is -1.91. The maximum atomic E-state index is 14.0. The van der Waals surface area contributed by atoms with Gasteiger partial charge in [-0.2, -0.15) is 5.10 Å². The molecule has 2 rings (SSSR count). The molecular weight excluding hydrogens is 318 g/mol. The minimum atomic E-state index is -4.21. The third-order valence-electron chi connectivity index (χ3n) is 3.43. The van der Waals surface area contributed by atoms with Gasteiger partial charge in [0.2, 0.25) is 10.0 Å². The first kappa shape index (κ1) is 16.5. The van der Waals surface area contributed by atoms with Gasteiger partial charge in [-0.25, -0.2) is 32.0 Å². The van der Waals surface area contributed by atoms with Crippen molar-refractivity contribution in [3.8, 4) is 0 Å². The summed E-state index contributed by atoms with van der Waals surface area (Å²) in [5.74, 6) is -1.94.